The molecule has 0 aromatic rings. The molecule has 184 valence electrons. The van der Waals surface area contributed by atoms with Gasteiger partial charge in [0.1, 0.15) is 0 Å². The summed E-state index contributed by atoms with van der Waals surface area (Å²) in [7, 11) is 0. The van der Waals surface area contributed by atoms with Gasteiger partial charge in [-0.05, 0) is 97.7 Å². The number of fused-ring (bicyclic) bond motifs is 7. The van der Waals surface area contributed by atoms with Crippen molar-refractivity contribution in [1.82, 2.24) is 0 Å². The number of allylic oxidation sites excluding steroid dienone is 7. The van der Waals surface area contributed by atoms with Gasteiger partial charge in [0.05, 0.1) is 5.41 Å². The van der Waals surface area contributed by atoms with Crippen LogP contribution in [0.2, 0.25) is 0 Å². The Bertz CT molecular complexity index is 1140. The van der Waals surface area contributed by atoms with Gasteiger partial charge in [0, 0.05) is 11.0 Å². The Balaban J connectivity index is 1.66. The molecule has 2 N–H and O–H groups in total. The van der Waals surface area contributed by atoms with E-state index < -0.39 is 11.4 Å². The number of hydrogen-bond donors (Lipinski definition) is 2. The predicted octanol–water partition coefficient (Wildman–Crippen LogP) is 6.94. The van der Waals surface area contributed by atoms with Gasteiger partial charge in [-0.25, -0.2) is 0 Å². The maximum absolute atomic E-state index is 12.6. The third-order valence-electron chi connectivity index (χ3n) is 11.9. The number of aliphatic hydroxyl groups excluding tert-OH is 1. The van der Waals surface area contributed by atoms with Gasteiger partial charge >= 0.3 is 5.97 Å². The molecule has 4 nitrogen and oxygen atoms in total. The van der Waals surface area contributed by atoms with E-state index in [1.807, 2.05) is 13.8 Å². The molecule has 0 aliphatic heterocycles. The van der Waals surface area contributed by atoms with Gasteiger partial charge in [-0.1, -0.05) is 52.3 Å². The maximum atomic E-state index is 12.6. The third-order valence-corrected chi connectivity index (χ3v) is 11.9. The molecule has 0 spiro atoms. The molecule has 7 atom stereocenters. The van der Waals surface area contributed by atoms with E-state index in [4.69, 9.17) is 0 Å². The van der Waals surface area contributed by atoms with Gasteiger partial charge in [0.15, 0.2) is 5.76 Å². The second-order valence-electron chi connectivity index (χ2n) is 13.4. The summed E-state index contributed by atoms with van der Waals surface area (Å²) in [4.78, 5) is 25.0. The van der Waals surface area contributed by atoms with Crippen LogP contribution in [0.5, 0.6) is 0 Å². The lowest BCUT2D eigenvalue weighted by atomic mass is 9.33. The molecule has 0 amide bonds. The fraction of sp³-hybridized carbons (Fsp3) is 0.667. The van der Waals surface area contributed by atoms with Crippen LogP contribution in [0.25, 0.3) is 0 Å². The first-order valence-electron chi connectivity index (χ1n) is 13.0. The summed E-state index contributed by atoms with van der Waals surface area (Å²) in [6.45, 7) is 15.6. The molecular weight excluding hydrogens is 424 g/mol. The Kier molecular flexibility index (Phi) is 4.70. The van der Waals surface area contributed by atoms with E-state index >= 15 is 0 Å². The van der Waals surface area contributed by atoms with E-state index in [1.165, 1.54) is 5.57 Å². The number of aliphatic hydroxyl groups is 1. The Morgan fingerprint density at radius 1 is 1.00 bits per heavy atom. The molecule has 1 unspecified atom stereocenters. The zero-order valence-electron chi connectivity index (χ0n) is 21.8. The van der Waals surface area contributed by atoms with Crippen molar-refractivity contribution in [2.75, 3.05) is 0 Å². The topological polar surface area (TPSA) is 74.6 Å². The molecular formula is C30H40O4. The van der Waals surface area contributed by atoms with Crippen LogP contribution in [0.4, 0.5) is 0 Å². The zero-order chi connectivity index (χ0) is 25.1. The summed E-state index contributed by atoms with van der Waals surface area (Å²) < 4.78 is 0. The van der Waals surface area contributed by atoms with Crippen LogP contribution in [-0.4, -0.2) is 22.0 Å². The molecule has 0 aromatic carbocycles. The lowest BCUT2D eigenvalue weighted by Gasteiger charge is -2.71. The summed E-state index contributed by atoms with van der Waals surface area (Å²) in [6.07, 6.45) is 11.7. The highest BCUT2D eigenvalue weighted by molar-refractivity contribution is 6.06. The van der Waals surface area contributed by atoms with Gasteiger partial charge in [-0.2, -0.15) is 0 Å². The summed E-state index contributed by atoms with van der Waals surface area (Å²) in [5.74, 6) is -0.397. The zero-order valence-corrected chi connectivity index (χ0v) is 21.8. The van der Waals surface area contributed by atoms with E-state index in [0.717, 1.165) is 49.7 Å². The second kappa shape index (κ2) is 6.77. The van der Waals surface area contributed by atoms with Crippen LogP contribution in [-0.2, 0) is 9.59 Å². The van der Waals surface area contributed by atoms with Crippen LogP contribution in [0.1, 0.15) is 87.0 Å². The van der Waals surface area contributed by atoms with Crippen molar-refractivity contribution in [3.05, 3.63) is 46.3 Å². The van der Waals surface area contributed by atoms with E-state index in [2.05, 4.69) is 46.8 Å². The highest BCUT2D eigenvalue weighted by Crippen LogP contribution is 2.76. The number of carbonyl (C=O) groups is 2. The van der Waals surface area contributed by atoms with Crippen molar-refractivity contribution in [2.24, 2.45) is 38.9 Å². The summed E-state index contributed by atoms with van der Waals surface area (Å²) >= 11 is 0. The van der Waals surface area contributed by atoms with Crippen molar-refractivity contribution >= 4 is 11.8 Å². The van der Waals surface area contributed by atoms with Crippen molar-refractivity contribution in [3.8, 4) is 0 Å². The summed E-state index contributed by atoms with van der Waals surface area (Å²) in [5, 5.41) is 20.5. The largest absolute Gasteiger partial charge is 0.504 e. The number of ketones is 1. The van der Waals surface area contributed by atoms with Gasteiger partial charge in [0.25, 0.3) is 0 Å². The van der Waals surface area contributed by atoms with Crippen molar-refractivity contribution < 1.29 is 19.8 Å². The molecule has 34 heavy (non-hydrogen) atoms. The number of aliphatic carboxylic acids is 1. The first-order valence-corrected chi connectivity index (χ1v) is 13.0. The normalized spacial score (nSPS) is 48.0. The van der Waals surface area contributed by atoms with E-state index in [0.29, 0.717) is 17.4 Å². The average molecular weight is 465 g/mol. The SMILES string of the molecule is CC1=C(O)C(=O)C=C2C1=CC=C1[C@@]2(C)CC[C@@]2(C)[C@H]3C[C@](C)(C(=O)O)CC(C)[C@]3(C)CC[C@]12C. The molecule has 0 bridgehead atoms. The Morgan fingerprint density at radius 2 is 1.68 bits per heavy atom. The minimum Gasteiger partial charge on any atom is -0.504 e. The quantitative estimate of drug-likeness (QED) is 0.440. The molecule has 5 aliphatic carbocycles. The smallest absolute Gasteiger partial charge is 0.309 e. The third kappa shape index (κ3) is 2.61. The first-order chi connectivity index (χ1) is 15.6. The van der Waals surface area contributed by atoms with Crippen LogP contribution < -0.4 is 0 Å². The Labute approximate surface area is 203 Å². The van der Waals surface area contributed by atoms with E-state index in [9.17, 15) is 19.8 Å². The van der Waals surface area contributed by atoms with Gasteiger partial charge in [-0.15, -0.1) is 0 Å². The molecule has 3 saturated carbocycles. The minimum atomic E-state index is -0.683. The molecule has 3 fully saturated rings. The predicted molar refractivity (Wildman–Crippen MR) is 133 cm³/mol. The van der Waals surface area contributed by atoms with E-state index in [-0.39, 0.29) is 33.2 Å². The monoisotopic (exact) mass is 464 g/mol. The first kappa shape index (κ1) is 23.6. The lowest BCUT2D eigenvalue weighted by molar-refractivity contribution is -0.192. The second-order valence-corrected chi connectivity index (χ2v) is 13.4. The summed E-state index contributed by atoms with van der Waals surface area (Å²) in [5.41, 5.74) is 3.21. The van der Waals surface area contributed by atoms with Crippen molar-refractivity contribution in [3.63, 3.8) is 0 Å². The van der Waals surface area contributed by atoms with Crippen molar-refractivity contribution in [2.45, 2.75) is 87.0 Å². The molecule has 0 aromatic heterocycles. The molecule has 5 aliphatic rings. The van der Waals surface area contributed by atoms with Gasteiger partial charge < -0.3 is 10.2 Å². The van der Waals surface area contributed by atoms with Crippen molar-refractivity contribution in [1.29, 1.82) is 0 Å². The number of carbonyl (C=O) groups excluding carboxylic acids is 1. The average Bonchev–Trinajstić information content (AvgIpc) is 2.76. The fourth-order valence-electron chi connectivity index (χ4n) is 9.18. The van der Waals surface area contributed by atoms with Gasteiger partial charge in [-0.3, -0.25) is 9.59 Å². The number of carboxylic acids is 1. The highest BCUT2D eigenvalue weighted by atomic mass is 16.4. The van der Waals surface area contributed by atoms with Crippen LogP contribution in [0, 0.1) is 38.9 Å². The Morgan fingerprint density at radius 3 is 2.32 bits per heavy atom. The highest BCUT2D eigenvalue weighted by Gasteiger charge is 2.68. The molecule has 4 heteroatoms. The molecule has 0 radical (unpaired) electrons. The van der Waals surface area contributed by atoms with E-state index in [1.54, 1.807) is 6.08 Å². The van der Waals surface area contributed by atoms with Gasteiger partial charge in [0.2, 0.25) is 5.78 Å². The summed E-state index contributed by atoms with van der Waals surface area (Å²) in [6, 6.07) is 0. The fourth-order valence-corrected chi connectivity index (χ4v) is 9.18. The van der Waals surface area contributed by atoms with Crippen LogP contribution in [0.15, 0.2) is 46.3 Å². The van der Waals surface area contributed by atoms with Crippen LogP contribution >= 0.6 is 0 Å². The molecule has 0 saturated heterocycles. The Hall–Kier alpha value is -2.10. The maximum Gasteiger partial charge on any atom is 0.309 e. The lowest BCUT2D eigenvalue weighted by Crippen LogP contribution is -2.63. The number of carboxylic acid groups (broad SMARTS) is 1. The minimum absolute atomic E-state index is 0.0195. The number of hydrogen-bond acceptors (Lipinski definition) is 3. The molecule has 0 heterocycles. The number of rotatable bonds is 1. The molecule has 5 rings (SSSR count). The van der Waals surface area contributed by atoms with Crippen LogP contribution in [0.3, 0.4) is 0 Å². The standard InChI is InChI=1S/C30H40O4/c1-17-15-26(3,25(33)34)16-23-27(17,4)10-12-29(6)22-9-8-19-18(2)24(32)21(31)14-20(19)28(22,5)11-13-30(23,29)7/h8-9,14,17,23,32H,10-13,15-16H2,1-7H3,(H,33,34)/t17?,23-,26+,27-,28-,29+,30-/m0/s1.